The van der Waals surface area contributed by atoms with E-state index < -0.39 is 10.0 Å². The van der Waals surface area contributed by atoms with E-state index in [9.17, 15) is 8.42 Å². The van der Waals surface area contributed by atoms with Gasteiger partial charge in [-0.3, -0.25) is 0 Å². The number of nitrogens with one attached hydrogen (secondary N) is 1. The van der Waals surface area contributed by atoms with Crippen LogP contribution in [-0.4, -0.2) is 31.8 Å². The van der Waals surface area contributed by atoms with Gasteiger partial charge in [0.05, 0.1) is 10.0 Å². The zero-order valence-corrected chi connectivity index (χ0v) is 13.7. The van der Waals surface area contributed by atoms with E-state index in [2.05, 4.69) is 10.3 Å². The molecular weight excluding hydrogens is 333 g/mol. The van der Waals surface area contributed by atoms with Crippen molar-refractivity contribution < 1.29 is 8.42 Å². The molecule has 0 bridgehead atoms. The van der Waals surface area contributed by atoms with Crippen molar-refractivity contribution in [1.82, 2.24) is 9.29 Å². The normalized spacial score (nSPS) is 11.7. The van der Waals surface area contributed by atoms with Crippen LogP contribution in [0.1, 0.15) is 0 Å². The van der Waals surface area contributed by atoms with E-state index in [-0.39, 0.29) is 4.90 Å². The summed E-state index contributed by atoms with van der Waals surface area (Å²) in [4.78, 5) is 4.21. The Morgan fingerprint density at radius 3 is 2.33 bits per heavy atom. The Morgan fingerprint density at radius 2 is 1.81 bits per heavy atom. The highest BCUT2D eigenvalue weighted by atomic mass is 35.5. The monoisotopic (exact) mass is 345 g/mol. The summed E-state index contributed by atoms with van der Waals surface area (Å²) in [5.74, 6) is 0.506. The third kappa shape index (κ3) is 3.65. The van der Waals surface area contributed by atoms with Crippen molar-refractivity contribution in [2.75, 3.05) is 19.4 Å². The summed E-state index contributed by atoms with van der Waals surface area (Å²) in [7, 11) is -0.535. The van der Waals surface area contributed by atoms with Gasteiger partial charge < -0.3 is 5.32 Å². The molecule has 0 fully saturated rings. The molecule has 0 amide bonds. The topological polar surface area (TPSA) is 62.3 Å². The van der Waals surface area contributed by atoms with Crippen LogP contribution in [-0.2, 0) is 10.0 Å². The van der Waals surface area contributed by atoms with Gasteiger partial charge in [-0.25, -0.2) is 17.7 Å². The minimum absolute atomic E-state index is 0.132. The third-order valence-electron chi connectivity index (χ3n) is 2.71. The fourth-order valence-corrected chi connectivity index (χ4v) is 2.69. The van der Waals surface area contributed by atoms with Gasteiger partial charge in [-0.15, -0.1) is 0 Å². The molecular formula is C13H13Cl2N3O2S. The molecule has 1 aromatic carbocycles. The number of hydrogen-bond donors (Lipinski definition) is 1. The van der Waals surface area contributed by atoms with Gasteiger partial charge in [0.15, 0.2) is 0 Å². The molecule has 0 aliphatic carbocycles. The predicted molar refractivity (Wildman–Crippen MR) is 84.9 cm³/mol. The Kier molecular flexibility index (Phi) is 4.73. The van der Waals surface area contributed by atoms with Crippen LogP contribution in [0.2, 0.25) is 10.0 Å². The highest BCUT2D eigenvalue weighted by molar-refractivity contribution is 7.89. The van der Waals surface area contributed by atoms with E-state index in [0.717, 1.165) is 4.31 Å². The molecule has 0 aliphatic heterocycles. The molecule has 5 nitrogen and oxygen atoms in total. The second-order valence-electron chi connectivity index (χ2n) is 4.42. The van der Waals surface area contributed by atoms with Gasteiger partial charge in [0.2, 0.25) is 10.0 Å². The molecule has 2 aromatic rings. The van der Waals surface area contributed by atoms with Crippen molar-refractivity contribution in [2.45, 2.75) is 4.90 Å². The average molecular weight is 346 g/mol. The average Bonchev–Trinajstić information content (AvgIpc) is 2.43. The lowest BCUT2D eigenvalue weighted by molar-refractivity contribution is 0.520. The van der Waals surface area contributed by atoms with Crippen LogP contribution in [0.25, 0.3) is 0 Å². The van der Waals surface area contributed by atoms with Crippen molar-refractivity contribution >= 4 is 44.7 Å². The summed E-state index contributed by atoms with van der Waals surface area (Å²) >= 11 is 11.8. The number of nitrogens with zero attached hydrogens (tertiary/aromatic N) is 2. The number of pyridine rings is 1. The molecule has 2 rings (SSSR count). The molecule has 0 saturated heterocycles. The van der Waals surface area contributed by atoms with Crippen molar-refractivity contribution in [3.8, 4) is 0 Å². The Bertz CT molecular complexity index is 747. The second-order valence-corrected chi connectivity index (χ2v) is 7.39. The molecule has 21 heavy (non-hydrogen) atoms. The van der Waals surface area contributed by atoms with Crippen LogP contribution in [0.3, 0.4) is 0 Å². The van der Waals surface area contributed by atoms with Gasteiger partial charge >= 0.3 is 0 Å². The number of aromatic nitrogens is 1. The highest BCUT2D eigenvalue weighted by Gasteiger charge is 2.17. The maximum atomic E-state index is 11.9. The van der Waals surface area contributed by atoms with Crippen molar-refractivity contribution in [3.05, 3.63) is 46.6 Å². The van der Waals surface area contributed by atoms with Gasteiger partial charge in [-0.2, -0.15) is 0 Å². The molecule has 0 spiro atoms. The van der Waals surface area contributed by atoms with E-state index in [1.165, 1.54) is 26.4 Å². The van der Waals surface area contributed by atoms with E-state index >= 15 is 0 Å². The summed E-state index contributed by atoms with van der Waals surface area (Å²) in [6.07, 6.45) is 1.30. The zero-order valence-electron chi connectivity index (χ0n) is 11.3. The fourth-order valence-electron chi connectivity index (χ4n) is 1.54. The number of halogens is 2. The number of hydrogen-bond acceptors (Lipinski definition) is 4. The molecule has 0 unspecified atom stereocenters. The molecule has 0 saturated carbocycles. The Hall–Kier alpha value is -1.34. The maximum Gasteiger partial charge on any atom is 0.244 e. The van der Waals surface area contributed by atoms with Crippen molar-refractivity contribution in [1.29, 1.82) is 0 Å². The van der Waals surface area contributed by atoms with E-state index in [1.54, 1.807) is 24.3 Å². The number of benzene rings is 1. The molecule has 0 aliphatic rings. The molecule has 8 heteroatoms. The molecule has 112 valence electrons. The Morgan fingerprint density at radius 1 is 1.10 bits per heavy atom. The quantitative estimate of drug-likeness (QED) is 0.922. The summed E-state index contributed by atoms with van der Waals surface area (Å²) < 4.78 is 25.0. The Balaban J connectivity index is 2.22. The van der Waals surface area contributed by atoms with Crippen LogP contribution in [0.4, 0.5) is 11.5 Å². The lowest BCUT2D eigenvalue weighted by Gasteiger charge is -2.11. The van der Waals surface area contributed by atoms with Crippen LogP contribution in [0, 0.1) is 0 Å². The van der Waals surface area contributed by atoms with Crippen LogP contribution in [0.15, 0.2) is 41.4 Å². The van der Waals surface area contributed by atoms with Gasteiger partial charge in [0.25, 0.3) is 0 Å². The van der Waals surface area contributed by atoms with Gasteiger partial charge in [-0.05, 0) is 30.3 Å². The summed E-state index contributed by atoms with van der Waals surface area (Å²) in [6.45, 7) is 0. The third-order valence-corrected chi connectivity index (χ3v) is 5.24. The first-order valence-corrected chi connectivity index (χ1v) is 8.11. The summed E-state index contributed by atoms with van der Waals surface area (Å²) in [6, 6.07) is 8.15. The standard InChI is InChI=1S/C13H13Cl2N3O2S/c1-18(2)21(19,20)10-4-6-13(16-8-10)17-9-3-5-11(14)12(15)7-9/h3-8H,1-2H3,(H,16,17). The first kappa shape index (κ1) is 16.0. The molecule has 0 atom stereocenters. The number of sulfonamides is 1. The largest absolute Gasteiger partial charge is 0.340 e. The highest BCUT2D eigenvalue weighted by Crippen LogP contribution is 2.26. The second kappa shape index (κ2) is 6.19. The molecule has 0 radical (unpaired) electrons. The van der Waals surface area contributed by atoms with Crippen LogP contribution >= 0.6 is 23.2 Å². The van der Waals surface area contributed by atoms with E-state index in [0.29, 0.717) is 21.6 Å². The smallest absolute Gasteiger partial charge is 0.244 e. The molecule has 1 N–H and O–H groups in total. The van der Waals surface area contributed by atoms with Gasteiger partial charge in [0.1, 0.15) is 10.7 Å². The Labute approximate surface area is 133 Å². The van der Waals surface area contributed by atoms with E-state index in [1.807, 2.05) is 0 Å². The summed E-state index contributed by atoms with van der Waals surface area (Å²) in [5.41, 5.74) is 0.708. The van der Waals surface area contributed by atoms with Crippen molar-refractivity contribution in [3.63, 3.8) is 0 Å². The van der Waals surface area contributed by atoms with Gasteiger partial charge in [0, 0.05) is 26.0 Å². The van der Waals surface area contributed by atoms with Gasteiger partial charge in [-0.1, -0.05) is 23.2 Å². The lowest BCUT2D eigenvalue weighted by Crippen LogP contribution is -2.22. The fraction of sp³-hybridized carbons (Fsp3) is 0.154. The lowest BCUT2D eigenvalue weighted by atomic mass is 10.3. The first-order chi connectivity index (χ1) is 9.80. The predicted octanol–water partition coefficient (Wildman–Crippen LogP) is 3.38. The van der Waals surface area contributed by atoms with Crippen LogP contribution in [0.5, 0.6) is 0 Å². The maximum absolute atomic E-state index is 11.9. The van der Waals surface area contributed by atoms with Crippen molar-refractivity contribution in [2.24, 2.45) is 0 Å². The SMILES string of the molecule is CN(C)S(=O)(=O)c1ccc(Nc2ccc(Cl)c(Cl)c2)nc1. The molecule has 1 heterocycles. The molecule has 1 aromatic heterocycles. The first-order valence-electron chi connectivity index (χ1n) is 5.91. The minimum atomic E-state index is -3.47. The van der Waals surface area contributed by atoms with E-state index in [4.69, 9.17) is 23.2 Å². The van der Waals surface area contributed by atoms with Crippen LogP contribution < -0.4 is 5.32 Å². The zero-order chi connectivity index (χ0) is 15.6. The summed E-state index contributed by atoms with van der Waals surface area (Å²) in [5, 5.41) is 3.90. The number of rotatable bonds is 4. The minimum Gasteiger partial charge on any atom is -0.340 e. The number of anilines is 2.